The van der Waals surface area contributed by atoms with Gasteiger partial charge in [0.1, 0.15) is 0 Å². The lowest BCUT2D eigenvalue weighted by Gasteiger charge is -2.25. The van der Waals surface area contributed by atoms with Crippen molar-refractivity contribution in [3.8, 4) is 0 Å². The molecule has 0 heterocycles. The summed E-state index contributed by atoms with van der Waals surface area (Å²) >= 11 is 0. The lowest BCUT2D eigenvalue weighted by molar-refractivity contribution is -0.171. The van der Waals surface area contributed by atoms with E-state index in [1.807, 2.05) is 5.32 Å². The number of carboxylic acids is 2. The molecular weight excluding hydrogens is 261 g/mol. The highest BCUT2D eigenvalue weighted by Gasteiger charge is 2.60. The highest BCUT2D eigenvalue weighted by Crippen LogP contribution is 2.29. The summed E-state index contributed by atoms with van der Waals surface area (Å²) in [5.41, 5.74) is -3.09. The van der Waals surface area contributed by atoms with Gasteiger partial charge in [0.15, 0.2) is 5.78 Å². The highest BCUT2D eigenvalue weighted by atomic mass is 31.0. The summed E-state index contributed by atoms with van der Waals surface area (Å²) in [6, 6.07) is 0. The molecule has 0 bridgehead atoms. The Morgan fingerprint density at radius 2 is 1.50 bits per heavy atom. The van der Waals surface area contributed by atoms with Gasteiger partial charge in [0, 0.05) is 13.5 Å². The van der Waals surface area contributed by atoms with Crippen LogP contribution in [0.1, 0.15) is 20.3 Å². The highest BCUT2D eigenvalue weighted by molar-refractivity contribution is 7.18. The molecule has 0 aromatic heterocycles. The molecule has 7 nitrogen and oxygen atoms in total. The Hall–Kier alpha value is -1.49. The quantitative estimate of drug-likeness (QED) is 0.444. The van der Waals surface area contributed by atoms with Crippen LogP contribution in [0.3, 0.4) is 0 Å². The van der Waals surface area contributed by atoms with Crippen molar-refractivity contribution in [1.82, 2.24) is 5.32 Å². The van der Waals surface area contributed by atoms with E-state index < -0.39 is 34.2 Å². The molecule has 0 aliphatic rings. The second kappa shape index (κ2) is 5.44. The monoisotopic (exact) mass is 277 g/mol. The van der Waals surface area contributed by atoms with Crippen LogP contribution >= 0.6 is 9.24 Å². The first kappa shape index (κ1) is 16.5. The topological polar surface area (TPSA) is 121 Å². The molecule has 0 saturated carbocycles. The first-order valence-electron chi connectivity index (χ1n) is 5.01. The maximum absolute atomic E-state index is 11.9. The third-order valence-electron chi connectivity index (χ3n) is 2.24. The smallest absolute Gasteiger partial charge is 0.338 e. The fourth-order valence-corrected chi connectivity index (χ4v) is 1.57. The van der Waals surface area contributed by atoms with E-state index in [1.165, 1.54) is 0 Å². The number of aliphatic carboxylic acids is 2. The van der Waals surface area contributed by atoms with E-state index >= 15 is 0 Å². The molecule has 18 heavy (non-hydrogen) atoms. The summed E-state index contributed by atoms with van der Waals surface area (Å²) in [5.74, 6) is -6.51. The van der Waals surface area contributed by atoms with E-state index in [1.54, 1.807) is 13.8 Å². The number of nitrogens with one attached hydrogen (secondary N) is 1. The van der Waals surface area contributed by atoms with Crippen LogP contribution in [0.25, 0.3) is 0 Å². The van der Waals surface area contributed by atoms with Crippen LogP contribution in [0.15, 0.2) is 0 Å². The van der Waals surface area contributed by atoms with Crippen molar-refractivity contribution in [3.05, 3.63) is 0 Å². The van der Waals surface area contributed by atoms with E-state index in [2.05, 4.69) is 9.24 Å². The van der Waals surface area contributed by atoms with Crippen molar-refractivity contribution in [2.75, 3.05) is 7.05 Å². The van der Waals surface area contributed by atoms with Gasteiger partial charge in [0.05, 0.1) is 0 Å². The molecule has 0 fully saturated rings. The molecule has 0 rings (SSSR count). The number of ketones is 1. The fraction of sp³-hybridized carbons (Fsp3) is 0.600. The Kier molecular flexibility index (Phi) is 4.99. The molecular formula is C10H16NO6P. The minimum atomic E-state index is -3.09. The van der Waals surface area contributed by atoms with Crippen molar-refractivity contribution in [3.63, 3.8) is 0 Å². The Morgan fingerprint density at radius 1 is 1.11 bits per heavy atom. The number of hydrogen-bond acceptors (Lipinski definition) is 4. The van der Waals surface area contributed by atoms with Gasteiger partial charge in [-0.2, -0.15) is 0 Å². The lowest BCUT2D eigenvalue weighted by Crippen LogP contribution is -2.57. The van der Waals surface area contributed by atoms with Gasteiger partial charge in [0.2, 0.25) is 0 Å². The SMILES string of the molecule is CNC(=O)C(C(=O)O)(C(=O)O)C(=O)CC(C)(C)P. The summed E-state index contributed by atoms with van der Waals surface area (Å²) in [6.07, 6.45) is -0.371. The van der Waals surface area contributed by atoms with E-state index in [0.717, 1.165) is 7.05 Å². The van der Waals surface area contributed by atoms with Crippen molar-refractivity contribution < 1.29 is 29.4 Å². The average Bonchev–Trinajstić information content (AvgIpc) is 2.13. The molecule has 0 aromatic carbocycles. The van der Waals surface area contributed by atoms with E-state index in [4.69, 9.17) is 10.2 Å². The predicted molar refractivity (Wildman–Crippen MR) is 65.2 cm³/mol. The van der Waals surface area contributed by atoms with Crippen molar-refractivity contribution in [2.45, 2.75) is 25.4 Å². The molecule has 0 saturated heterocycles. The number of carbonyl (C=O) groups excluding carboxylic acids is 2. The van der Waals surface area contributed by atoms with E-state index in [-0.39, 0.29) is 6.42 Å². The number of rotatable bonds is 6. The molecule has 1 unspecified atom stereocenters. The van der Waals surface area contributed by atoms with Gasteiger partial charge < -0.3 is 15.5 Å². The fourth-order valence-electron chi connectivity index (χ4n) is 1.38. The summed E-state index contributed by atoms with van der Waals surface area (Å²) in [6.45, 7) is 3.21. The normalized spacial score (nSPS) is 11.8. The second-order valence-corrected chi connectivity index (χ2v) is 6.09. The zero-order valence-electron chi connectivity index (χ0n) is 10.3. The third-order valence-corrected chi connectivity index (χ3v) is 2.45. The molecule has 1 atom stereocenters. The molecule has 0 aromatic rings. The zero-order chi connectivity index (χ0) is 14.7. The molecule has 1 amide bonds. The minimum Gasteiger partial charge on any atom is -0.480 e. The second-order valence-electron chi connectivity index (χ2n) is 4.53. The molecule has 8 heteroatoms. The van der Waals surface area contributed by atoms with Crippen LogP contribution < -0.4 is 5.32 Å². The van der Waals surface area contributed by atoms with Gasteiger partial charge in [-0.05, 0) is 5.16 Å². The minimum absolute atomic E-state index is 0.371. The standard InChI is InChI=1S/C10H16NO6P/c1-9(2,18)4-5(12)10(7(14)15,8(16)17)6(13)11-3/h4,18H2,1-3H3,(H,11,13)(H,14,15)(H,16,17). The van der Waals surface area contributed by atoms with Crippen LogP contribution in [0.5, 0.6) is 0 Å². The maximum Gasteiger partial charge on any atom is 0.338 e. The molecule has 0 aliphatic heterocycles. The zero-order valence-corrected chi connectivity index (χ0v) is 11.5. The van der Waals surface area contributed by atoms with Gasteiger partial charge >= 0.3 is 11.9 Å². The molecule has 0 aliphatic carbocycles. The summed E-state index contributed by atoms with van der Waals surface area (Å²) in [7, 11) is 3.36. The molecule has 0 spiro atoms. The van der Waals surface area contributed by atoms with Gasteiger partial charge in [0.25, 0.3) is 11.3 Å². The molecule has 0 radical (unpaired) electrons. The number of carboxylic acid groups (broad SMARTS) is 2. The summed E-state index contributed by atoms with van der Waals surface area (Å²) < 4.78 is 0. The Balaban J connectivity index is 5.75. The van der Waals surface area contributed by atoms with Gasteiger partial charge in [-0.1, -0.05) is 13.8 Å². The van der Waals surface area contributed by atoms with Crippen LogP contribution in [-0.4, -0.2) is 46.0 Å². The Morgan fingerprint density at radius 3 is 1.72 bits per heavy atom. The predicted octanol–water partition coefficient (Wildman–Crippen LogP) is -0.499. The molecule has 3 N–H and O–H groups in total. The largest absolute Gasteiger partial charge is 0.480 e. The van der Waals surface area contributed by atoms with E-state index in [9.17, 15) is 19.2 Å². The van der Waals surface area contributed by atoms with Crippen LogP contribution in [0.2, 0.25) is 0 Å². The summed E-state index contributed by atoms with van der Waals surface area (Å²) in [4.78, 5) is 45.7. The Labute approximate surface area is 106 Å². The summed E-state index contributed by atoms with van der Waals surface area (Å²) in [5, 5.41) is 19.2. The van der Waals surface area contributed by atoms with Crippen molar-refractivity contribution in [2.24, 2.45) is 5.41 Å². The lowest BCUT2D eigenvalue weighted by atomic mass is 9.79. The van der Waals surface area contributed by atoms with Crippen molar-refractivity contribution >= 4 is 32.9 Å². The van der Waals surface area contributed by atoms with Crippen LogP contribution in [-0.2, 0) is 19.2 Å². The van der Waals surface area contributed by atoms with Crippen LogP contribution in [0, 0.1) is 5.41 Å². The van der Waals surface area contributed by atoms with Gasteiger partial charge in [-0.15, -0.1) is 9.24 Å². The molecule has 102 valence electrons. The van der Waals surface area contributed by atoms with Gasteiger partial charge in [-0.3, -0.25) is 9.59 Å². The Bertz CT molecular complexity index is 384. The first-order valence-corrected chi connectivity index (χ1v) is 5.59. The van der Waals surface area contributed by atoms with E-state index in [0.29, 0.717) is 0 Å². The van der Waals surface area contributed by atoms with Crippen LogP contribution in [0.4, 0.5) is 0 Å². The number of amides is 1. The third kappa shape index (κ3) is 3.04. The van der Waals surface area contributed by atoms with Gasteiger partial charge in [-0.25, -0.2) is 9.59 Å². The number of hydrogen-bond donors (Lipinski definition) is 3. The first-order chi connectivity index (χ1) is 8.00. The maximum atomic E-state index is 11.9. The number of Topliss-reactive ketones (excluding diaryl/α,β-unsaturated/α-hetero) is 1. The van der Waals surface area contributed by atoms with Crippen molar-refractivity contribution in [1.29, 1.82) is 0 Å². The average molecular weight is 277 g/mol. The number of carbonyl (C=O) groups is 4.